The lowest BCUT2D eigenvalue weighted by Crippen LogP contribution is -2.42. The summed E-state index contributed by atoms with van der Waals surface area (Å²) in [6, 6.07) is 13.7. The Hall–Kier alpha value is -2.59. The van der Waals surface area contributed by atoms with Gasteiger partial charge in [0, 0.05) is 11.1 Å². The molecule has 0 N–H and O–H groups in total. The van der Waals surface area contributed by atoms with Crippen LogP contribution in [0.4, 0.5) is 5.69 Å². The third-order valence-electron chi connectivity index (χ3n) is 3.55. The van der Waals surface area contributed by atoms with Crippen LogP contribution in [0.1, 0.15) is 22.8 Å². The number of carbonyl (C=O) groups is 2. The van der Waals surface area contributed by atoms with Crippen molar-refractivity contribution in [3.8, 4) is 0 Å². The molecule has 1 heterocycles. The van der Waals surface area contributed by atoms with Gasteiger partial charge >= 0.3 is 0 Å². The highest BCUT2D eigenvalue weighted by atomic mass is 35.5. The average molecular weight is 328 g/mol. The van der Waals surface area contributed by atoms with Crippen LogP contribution in [0.25, 0.3) is 5.57 Å². The van der Waals surface area contributed by atoms with Crippen LogP contribution in [0.2, 0.25) is 5.02 Å². The molecule has 2 aromatic carbocycles. The highest BCUT2D eigenvalue weighted by molar-refractivity contribution is 6.43. The molecule has 1 aliphatic rings. The zero-order valence-electron chi connectivity index (χ0n) is 12.5. The number of para-hydroxylation sites is 1. The lowest BCUT2D eigenvalue weighted by Gasteiger charge is -2.28. The molecular formula is C18H14ClNO3. The number of benzene rings is 2. The van der Waals surface area contributed by atoms with Crippen LogP contribution in [0.15, 0.2) is 54.8 Å². The van der Waals surface area contributed by atoms with E-state index in [0.29, 0.717) is 34.0 Å². The maximum atomic E-state index is 12.9. The van der Waals surface area contributed by atoms with Crippen molar-refractivity contribution in [2.24, 2.45) is 0 Å². The van der Waals surface area contributed by atoms with E-state index >= 15 is 0 Å². The van der Waals surface area contributed by atoms with E-state index in [1.54, 1.807) is 48.5 Å². The molecule has 0 fully saturated rings. The number of hydrogen-bond donors (Lipinski definition) is 0. The Morgan fingerprint density at radius 2 is 1.65 bits per heavy atom. The van der Waals surface area contributed by atoms with Gasteiger partial charge in [0.05, 0.1) is 29.2 Å². The average Bonchev–Trinajstić information content (AvgIpc) is 2.57. The van der Waals surface area contributed by atoms with Crippen LogP contribution in [-0.2, 0) is 9.53 Å². The third kappa shape index (κ3) is 2.62. The van der Waals surface area contributed by atoms with Gasteiger partial charge < -0.3 is 4.74 Å². The van der Waals surface area contributed by atoms with Gasteiger partial charge in [-0.1, -0.05) is 41.9 Å². The predicted octanol–water partition coefficient (Wildman–Crippen LogP) is 3.90. The molecule has 0 unspecified atom stereocenters. The molecule has 0 spiro atoms. The molecule has 0 radical (unpaired) electrons. The molecule has 2 amide bonds. The van der Waals surface area contributed by atoms with Crippen LogP contribution in [0.3, 0.4) is 0 Å². The normalized spacial score (nSPS) is 15.7. The highest BCUT2D eigenvalue weighted by Crippen LogP contribution is 2.35. The summed E-state index contributed by atoms with van der Waals surface area (Å²) < 4.78 is 5.30. The van der Waals surface area contributed by atoms with Gasteiger partial charge in [-0.2, -0.15) is 0 Å². The molecule has 5 heteroatoms. The van der Waals surface area contributed by atoms with Gasteiger partial charge in [0.2, 0.25) is 0 Å². The van der Waals surface area contributed by atoms with Gasteiger partial charge in [-0.15, -0.1) is 0 Å². The first-order chi connectivity index (χ1) is 11.1. The lowest BCUT2D eigenvalue weighted by molar-refractivity contribution is -0.113. The van der Waals surface area contributed by atoms with E-state index in [2.05, 4.69) is 0 Å². The first-order valence-electron chi connectivity index (χ1n) is 7.19. The standard InChI is InChI=1S/C18H14ClNO3/c1-2-23-11-14-12-7-3-4-8-13(12)17(21)20(18(14)22)16-10-6-5-9-15(16)19/h3-11H,2H2,1H3/b14-11-. The number of halogens is 1. The molecule has 116 valence electrons. The minimum Gasteiger partial charge on any atom is -0.501 e. The molecule has 0 bridgehead atoms. The molecule has 0 saturated carbocycles. The van der Waals surface area contributed by atoms with Crippen molar-refractivity contribution in [1.29, 1.82) is 0 Å². The zero-order valence-corrected chi connectivity index (χ0v) is 13.2. The number of nitrogens with zero attached hydrogens (tertiary/aromatic N) is 1. The number of carbonyl (C=O) groups excluding carboxylic acids is 2. The topological polar surface area (TPSA) is 46.6 Å². The van der Waals surface area contributed by atoms with Crippen LogP contribution < -0.4 is 4.90 Å². The van der Waals surface area contributed by atoms with E-state index in [9.17, 15) is 9.59 Å². The second kappa shape index (κ2) is 6.26. The quantitative estimate of drug-likeness (QED) is 0.488. The number of hydrogen-bond acceptors (Lipinski definition) is 3. The second-order valence-electron chi connectivity index (χ2n) is 4.93. The van der Waals surface area contributed by atoms with Crippen molar-refractivity contribution in [2.45, 2.75) is 6.92 Å². The summed E-state index contributed by atoms with van der Waals surface area (Å²) >= 11 is 6.17. The van der Waals surface area contributed by atoms with Crippen LogP contribution in [0.5, 0.6) is 0 Å². The molecule has 2 aromatic rings. The van der Waals surface area contributed by atoms with Crippen molar-refractivity contribution in [3.05, 3.63) is 70.9 Å². The first-order valence-corrected chi connectivity index (χ1v) is 7.57. The zero-order chi connectivity index (χ0) is 16.4. The number of fused-ring (bicyclic) bond motifs is 1. The Labute approximate surface area is 138 Å². The van der Waals surface area contributed by atoms with Gasteiger partial charge in [-0.3, -0.25) is 9.59 Å². The minimum atomic E-state index is -0.449. The van der Waals surface area contributed by atoms with Crippen molar-refractivity contribution in [1.82, 2.24) is 0 Å². The Morgan fingerprint density at radius 3 is 2.35 bits per heavy atom. The molecule has 23 heavy (non-hydrogen) atoms. The van der Waals surface area contributed by atoms with E-state index in [4.69, 9.17) is 16.3 Å². The molecule has 0 aromatic heterocycles. The van der Waals surface area contributed by atoms with Crippen molar-refractivity contribution >= 4 is 34.7 Å². The molecule has 4 nitrogen and oxygen atoms in total. The molecular weight excluding hydrogens is 314 g/mol. The largest absolute Gasteiger partial charge is 0.501 e. The molecule has 3 rings (SSSR count). The monoisotopic (exact) mass is 327 g/mol. The second-order valence-corrected chi connectivity index (χ2v) is 5.34. The van der Waals surface area contributed by atoms with E-state index in [-0.39, 0.29) is 0 Å². The Morgan fingerprint density at radius 1 is 1.00 bits per heavy atom. The molecule has 0 atom stereocenters. The van der Waals surface area contributed by atoms with Crippen molar-refractivity contribution in [2.75, 3.05) is 11.5 Å². The lowest BCUT2D eigenvalue weighted by atomic mass is 9.94. The Kier molecular flexibility index (Phi) is 4.17. The fourth-order valence-electron chi connectivity index (χ4n) is 2.49. The number of imide groups is 1. The van der Waals surface area contributed by atoms with Crippen molar-refractivity contribution in [3.63, 3.8) is 0 Å². The fourth-order valence-corrected chi connectivity index (χ4v) is 2.71. The number of amides is 2. The summed E-state index contributed by atoms with van der Waals surface area (Å²) in [6.07, 6.45) is 1.40. The van der Waals surface area contributed by atoms with E-state index < -0.39 is 11.8 Å². The Bertz CT molecular complexity index is 813. The SMILES string of the molecule is CCO/C=C1\C(=O)N(c2ccccc2Cl)C(=O)c2ccccc21. The van der Waals surface area contributed by atoms with Gasteiger partial charge in [-0.25, -0.2) is 4.90 Å². The smallest absolute Gasteiger partial charge is 0.269 e. The maximum Gasteiger partial charge on any atom is 0.269 e. The summed E-state index contributed by atoms with van der Waals surface area (Å²) in [5.74, 6) is -0.845. The van der Waals surface area contributed by atoms with Gasteiger partial charge in [0.25, 0.3) is 11.8 Å². The van der Waals surface area contributed by atoms with Crippen LogP contribution in [-0.4, -0.2) is 18.4 Å². The summed E-state index contributed by atoms with van der Waals surface area (Å²) in [7, 11) is 0. The molecule has 0 saturated heterocycles. The van der Waals surface area contributed by atoms with E-state index in [1.807, 2.05) is 6.92 Å². The molecule has 0 aliphatic carbocycles. The Balaban J connectivity index is 2.19. The number of anilines is 1. The van der Waals surface area contributed by atoms with Gasteiger partial charge in [-0.05, 0) is 25.1 Å². The highest BCUT2D eigenvalue weighted by Gasteiger charge is 2.36. The maximum absolute atomic E-state index is 12.9. The third-order valence-corrected chi connectivity index (χ3v) is 3.87. The summed E-state index contributed by atoms with van der Waals surface area (Å²) in [5, 5.41) is 0.337. The number of rotatable bonds is 3. The fraction of sp³-hybridized carbons (Fsp3) is 0.111. The molecule has 1 aliphatic heterocycles. The van der Waals surface area contributed by atoms with Gasteiger partial charge in [0.1, 0.15) is 0 Å². The first kappa shape index (κ1) is 15.3. The predicted molar refractivity (Wildman–Crippen MR) is 89.3 cm³/mol. The number of ether oxygens (including phenoxy) is 1. The van der Waals surface area contributed by atoms with Crippen LogP contribution >= 0.6 is 11.6 Å². The minimum absolute atomic E-state index is 0.335. The van der Waals surface area contributed by atoms with Crippen molar-refractivity contribution < 1.29 is 14.3 Å². The van der Waals surface area contributed by atoms with Gasteiger partial charge in [0.15, 0.2) is 0 Å². The summed E-state index contributed by atoms with van der Waals surface area (Å²) in [6.45, 7) is 2.26. The van der Waals surface area contributed by atoms with Crippen LogP contribution in [0, 0.1) is 0 Å². The summed E-state index contributed by atoms with van der Waals surface area (Å²) in [5.41, 5.74) is 1.71. The summed E-state index contributed by atoms with van der Waals surface area (Å²) in [4.78, 5) is 26.7. The van der Waals surface area contributed by atoms with E-state index in [0.717, 1.165) is 4.90 Å². The van der Waals surface area contributed by atoms with E-state index in [1.165, 1.54) is 6.26 Å².